The van der Waals surface area contributed by atoms with Crippen molar-refractivity contribution in [3.05, 3.63) is 30.1 Å². The summed E-state index contributed by atoms with van der Waals surface area (Å²) < 4.78 is 12.9. The SMILES string of the molecule is C[C@@H](C(=O)NC(=O)NC1CC1)N1CCC(Nc2ccc(F)cc2)CC1. The minimum atomic E-state index is -0.396. The number of carbonyl (C=O) groups excluding carboxylic acids is 2. The molecule has 0 spiro atoms. The van der Waals surface area contributed by atoms with Gasteiger partial charge in [0.2, 0.25) is 5.91 Å². The van der Waals surface area contributed by atoms with Crippen molar-refractivity contribution in [2.45, 2.75) is 50.7 Å². The van der Waals surface area contributed by atoms with Gasteiger partial charge in [-0.15, -0.1) is 0 Å². The number of imide groups is 1. The normalized spacial score (nSPS) is 19.9. The van der Waals surface area contributed by atoms with Crippen molar-refractivity contribution >= 4 is 17.6 Å². The van der Waals surface area contributed by atoms with Gasteiger partial charge in [-0.05, 0) is 56.9 Å². The Bertz CT molecular complexity index is 610. The van der Waals surface area contributed by atoms with Crippen LogP contribution in [0.4, 0.5) is 14.9 Å². The number of halogens is 1. The highest BCUT2D eigenvalue weighted by Gasteiger charge is 2.29. The van der Waals surface area contributed by atoms with Gasteiger partial charge in [0.1, 0.15) is 5.82 Å². The lowest BCUT2D eigenvalue weighted by Crippen LogP contribution is -2.52. The van der Waals surface area contributed by atoms with Crippen LogP contribution in [0.1, 0.15) is 32.6 Å². The number of hydrogen-bond donors (Lipinski definition) is 3. The minimum Gasteiger partial charge on any atom is -0.382 e. The van der Waals surface area contributed by atoms with Gasteiger partial charge in [-0.1, -0.05) is 0 Å². The monoisotopic (exact) mass is 348 g/mol. The number of nitrogens with one attached hydrogen (secondary N) is 3. The summed E-state index contributed by atoms with van der Waals surface area (Å²) in [6.07, 6.45) is 3.77. The van der Waals surface area contributed by atoms with E-state index in [2.05, 4.69) is 20.9 Å². The second-order valence-electron chi connectivity index (χ2n) is 6.87. The van der Waals surface area contributed by atoms with Crippen LogP contribution in [0.3, 0.4) is 0 Å². The Kier molecular flexibility index (Phi) is 5.53. The quantitative estimate of drug-likeness (QED) is 0.762. The summed E-state index contributed by atoms with van der Waals surface area (Å²) in [5, 5.41) is 8.58. The van der Waals surface area contributed by atoms with E-state index in [9.17, 15) is 14.0 Å². The number of nitrogens with zero attached hydrogens (tertiary/aromatic N) is 1. The summed E-state index contributed by atoms with van der Waals surface area (Å²) >= 11 is 0. The Morgan fingerprint density at radius 2 is 1.72 bits per heavy atom. The predicted molar refractivity (Wildman–Crippen MR) is 93.8 cm³/mol. The van der Waals surface area contributed by atoms with E-state index in [4.69, 9.17) is 0 Å². The van der Waals surface area contributed by atoms with Crippen LogP contribution in [-0.4, -0.2) is 48.1 Å². The third-order valence-corrected chi connectivity index (χ3v) is 4.82. The molecule has 0 unspecified atom stereocenters. The van der Waals surface area contributed by atoms with Crippen LogP contribution < -0.4 is 16.0 Å². The standard InChI is InChI=1S/C18H25FN4O2/c1-12(17(24)22-18(25)21-15-6-7-15)23-10-8-16(9-11-23)20-14-4-2-13(19)3-5-14/h2-5,12,15-16,20H,6-11H2,1H3,(H2,21,22,24,25)/t12-/m0/s1. The van der Waals surface area contributed by atoms with Gasteiger partial charge in [-0.2, -0.15) is 0 Å². The topological polar surface area (TPSA) is 73.5 Å². The molecule has 2 aliphatic rings. The first-order valence-electron chi connectivity index (χ1n) is 8.89. The summed E-state index contributed by atoms with van der Waals surface area (Å²) in [5.41, 5.74) is 0.905. The molecule has 0 bridgehead atoms. The number of rotatable bonds is 5. The van der Waals surface area contributed by atoms with E-state index in [0.717, 1.165) is 44.5 Å². The van der Waals surface area contributed by atoms with Crippen molar-refractivity contribution in [3.63, 3.8) is 0 Å². The molecule has 3 amide bonds. The Balaban J connectivity index is 1.41. The molecule has 1 saturated carbocycles. The zero-order valence-electron chi connectivity index (χ0n) is 14.4. The fraction of sp³-hybridized carbons (Fsp3) is 0.556. The average Bonchev–Trinajstić information content (AvgIpc) is 3.40. The smallest absolute Gasteiger partial charge is 0.321 e. The van der Waals surface area contributed by atoms with Crippen LogP contribution >= 0.6 is 0 Å². The van der Waals surface area contributed by atoms with Gasteiger partial charge in [0, 0.05) is 30.9 Å². The Morgan fingerprint density at radius 3 is 2.32 bits per heavy atom. The van der Waals surface area contributed by atoms with Gasteiger partial charge in [0.25, 0.3) is 0 Å². The second kappa shape index (κ2) is 7.82. The zero-order chi connectivity index (χ0) is 17.8. The van der Waals surface area contributed by atoms with Gasteiger partial charge in [0.05, 0.1) is 6.04 Å². The van der Waals surface area contributed by atoms with Crippen LogP contribution in [0.5, 0.6) is 0 Å². The minimum absolute atomic E-state index is 0.233. The van der Waals surface area contributed by atoms with Gasteiger partial charge in [0.15, 0.2) is 0 Å². The number of benzene rings is 1. The van der Waals surface area contributed by atoms with Gasteiger partial charge in [-0.25, -0.2) is 9.18 Å². The lowest BCUT2D eigenvalue weighted by atomic mass is 10.0. The second-order valence-corrected chi connectivity index (χ2v) is 6.87. The molecule has 1 aliphatic carbocycles. The van der Waals surface area contributed by atoms with Crippen LogP contribution in [0.15, 0.2) is 24.3 Å². The maximum Gasteiger partial charge on any atom is 0.321 e. The fourth-order valence-electron chi connectivity index (χ4n) is 3.04. The highest BCUT2D eigenvalue weighted by molar-refractivity contribution is 5.97. The summed E-state index contributed by atoms with van der Waals surface area (Å²) in [6, 6.07) is 6.15. The molecule has 136 valence electrons. The van der Waals surface area contributed by atoms with Crippen molar-refractivity contribution in [2.75, 3.05) is 18.4 Å². The molecule has 6 nitrogen and oxygen atoms in total. The predicted octanol–water partition coefficient (Wildman–Crippen LogP) is 2.08. The lowest BCUT2D eigenvalue weighted by molar-refractivity contribution is -0.125. The highest BCUT2D eigenvalue weighted by atomic mass is 19.1. The van der Waals surface area contributed by atoms with Crippen LogP contribution in [0, 0.1) is 5.82 Å². The molecule has 1 aromatic carbocycles. The average molecular weight is 348 g/mol. The van der Waals surface area contributed by atoms with E-state index in [1.807, 2.05) is 6.92 Å². The maximum absolute atomic E-state index is 12.9. The molecule has 1 saturated heterocycles. The third-order valence-electron chi connectivity index (χ3n) is 4.82. The first-order chi connectivity index (χ1) is 12.0. The first kappa shape index (κ1) is 17.7. The summed E-state index contributed by atoms with van der Waals surface area (Å²) in [7, 11) is 0. The van der Waals surface area contributed by atoms with Crippen LogP contribution in [0.25, 0.3) is 0 Å². The fourth-order valence-corrected chi connectivity index (χ4v) is 3.04. The number of anilines is 1. The molecular formula is C18H25FN4O2. The van der Waals surface area contributed by atoms with Crippen LogP contribution in [0.2, 0.25) is 0 Å². The zero-order valence-corrected chi connectivity index (χ0v) is 14.4. The number of hydrogen-bond acceptors (Lipinski definition) is 4. The third kappa shape index (κ3) is 5.16. The van der Waals surface area contributed by atoms with Gasteiger partial charge >= 0.3 is 6.03 Å². The highest BCUT2D eigenvalue weighted by Crippen LogP contribution is 2.19. The number of likely N-dealkylation sites (tertiary alicyclic amines) is 1. The number of piperidine rings is 1. The van der Waals surface area contributed by atoms with Crippen molar-refractivity contribution in [1.82, 2.24) is 15.5 Å². The van der Waals surface area contributed by atoms with Crippen molar-refractivity contribution in [3.8, 4) is 0 Å². The molecule has 0 aromatic heterocycles. The summed E-state index contributed by atoms with van der Waals surface area (Å²) in [5.74, 6) is -0.506. The lowest BCUT2D eigenvalue weighted by Gasteiger charge is -2.35. The van der Waals surface area contributed by atoms with Crippen molar-refractivity contribution in [1.29, 1.82) is 0 Å². The molecule has 1 heterocycles. The van der Waals surface area contributed by atoms with Gasteiger partial charge < -0.3 is 10.6 Å². The van der Waals surface area contributed by atoms with E-state index in [1.54, 1.807) is 12.1 Å². The first-order valence-corrected chi connectivity index (χ1v) is 8.89. The Morgan fingerprint density at radius 1 is 1.08 bits per heavy atom. The molecule has 0 radical (unpaired) electrons. The molecule has 2 fully saturated rings. The molecule has 1 atom stereocenters. The maximum atomic E-state index is 12.9. The summed E-state index contributed by atoms with van der Waals surface area (Å²) in [4.78, 5) is 26.0. The molecule has 7 heteroatoms. The van der Waals surface area contributed by atoms with E-state index in [1.165, 1.54) is 12.1 Å². The number of carbonyl (C=O) groups is 2. The number of urea groups is 1. The molecule has 3 rings (SSSR count). The van der Waals surface area contributed by atoms with E-state index in [0.29, 0.717) is 6.04 Å². The summed E-state index contributed by atoms with van der Waals surface area (Å²) in [6.45, 7) is 3.38. The molecule has 25 heavy (non-hydrogen) atoms. The Hall–Kier alpha value is -2.15. The Labute approximate surface area is 147 Å². The molecular weight excluding hydrogens is 323 g/mol. The van der Waals surface area contributed by atoms with E-state index >= 15 is 0 Å². The van der Waals surface area contributed by atoms with Crippen LogP contribution in [-0.2, 0) is 4.79 Å². The molecule has 1 aromatic rings. The van der Waals surface area contributed by atoms with Gasteiger partial charge in [-0.3, -0.25) is 15.0 Å². The van der Waals surface area contributed by atoms with E-state index in [-0.39, 0.29) is 23.8 Å². The molecule has 3 N–H and O–H groups in total. The van der Waals surface area contributed by atoms with Crippen molar-refractivity contribution < 1.29 is 14.0 Å². The number of amides is 3. The van der Waals surface area contributed by atoms with E-state index < -0.39 is 6.03 Å². The largest absolute Gasteiger partial charge is 0.382 e. The van der Waals surface area contributed by atoms with Crippen molar-refractivity contribution in [2.24, 2.45) is 0 Å². The molecule has 1 aliphatic heterocycles.